The van der Waals surface area contributed by atoms with Crippen LogP contribution in [0.4, 0.5) is 15.8 Å². The van der Waals surface area contributed by atoms with Crippen LogP contribution in [-0.2, 0) is 9.59 Å². The number of rotatable bonds is 7. The van der Waals surface area contributed by atoms with Gasteiger partial charge in [0, 0.05) is 21.4 Å². The summed E-state index contributed by atoms with van der Waals surface area (Å²) in [6, 6.07) is 19.3. The van der Waals surface area contributed by atoms with Gasteiger partial charge >= 0.3 is 0 Å². The SMILES string of the molecule is N#C/C(=C\c1cc(Br)cc(Br)c1OCC(=O)Nc1ccccc1)C(=O)Nc1ccc(F)cc1. The average Bonchev–Trinajstić information content (AvgIpc) is 2.78. The quantitative estimate of drug-likeness (QED) is 0.272. The van der Waals surface area contributed by atoms with E-state index in [-0.39, 0.29) is 23.8 Å². The predicted molar refractivity (Wildman–Crippen MR) is 131 cm³/mol. The largest absolute Gasteiger partial charge is 0.482 e. The molecule has 166 valence electrons. The van der Waals surface area contributed by atoms with Gasteiger partial charge in [-0.1, -0.05) is 34.1 Å². The molecule has 33 heavy (non-hydrogen) atoms. The Morgan fingerprint density at radius 1 is 1.00 bits per heavy atom. The van der Waals surface area contributed by atoms with Crippen molar-refractivity contribution in [2.24, 2.45) is 0 Å². The molecule has 0 bridgehead atoms. The lowest BCUT2D eigenvalue weighted by Crippen LogP contribution is -2.20. The molecule has 0 radical (unpaired) electrons. The molecule has 2 amide bonds. The van der Waals surface area contributed by atoms with Crippen LogP contribution in [0, 0.1) is 17.1 Å². The number of benzene rings is 3. The van der Waals surface area contributed by atoms with Gasteiger partial charge in [0.2, 0.25) is 0 Å². The first-order chi connectivity index (χ1) is 15.9. The average molecular weight is 573 g/mol. The number of amides is 2. The first-order valence-corrected chi connectivity index (χ1v) is 11.1. The van der Waals surface area contributed by atoms with Crippen molar-refractivity contribution in [3.63, 3.8) is 0 Å². The minimum atomic E-state index is -0.673. The molecule has 0 unspecified atom stereocenters. The number of halogens is 3. The lowest BCUT2D eigenvalue weighted by atomic mass is 10.1. The van der Waals surface area contributed by atoms with Crippen LogP contribution in [0.3, 0.4) is 0 Å². The summed E-state index contributed by atoms with van der Waals surface area (Å²) in [5, 5.41) is 14.8. The minimum absolute atomic E-state index is 0.206. The number of nitrogens with one attached hydrogen (secondary N) is 2. The Kier molecular flexibility index (Phi) is 8.35. The number of ether oxygens (including phenoxy) is 1. The van der Waals surface area contributed by atoms with E-state index >= 15 is 0 Å². The standard InChI is InChI=1S/C24H16Br2FN3O3/c25-17-11-15(10-16(13-28)24(32)30-20-8-6-18(27)7-9-20)23(21(26)12-17)33-14-22(31)29-19-4-2-1-3-5-19/h1-12H,14H2,(H,29,31)(H,30,32)/b16-10+. The fourth-order valence-corrected chi connectivity index (χ4v) is 4.10. The molecule has 0 aliphatic rings. The van der Waals surface area contributed by atoms with Gasteiger partial charge in [-0.3, -0.25) is 9.59 Å². The van der Waals surface area contributed by atoms with Gasteiger partial charge in [-0.15, -0.1) is 0 Å². The normalized spacial score (nSPS) is 10.8. The molecule has 0 heterocycles. The summed E-state index contributed by atoms with van der Waals surface area (Å²) in [5.74, 6) is -1.21. The van der Waals surface area contributed by atoms with Gasteiger partial charge in [-0.05, 0) is 70.5 Å². The van der Waals surface area contributed by atoms with Crippen LogP contribution in [0.1, 0.15) is 5.56 Å². The molecule has 2 N–H and O–H groups in total. The number of hydrogen-bond donors (Lipinski definition) is 2. The number of nitriles is 1. The van der Waals surface area contributed by atoms with Crippen molar-refractivity contribution in [2.75, 3.05) is 17.2 Å². The maximum Gasteiger partial charge on any atom is 0.266 e. The van der Waals surface area contributed by atoms with E-state index in [9.17, 15) is 19.2 Å². The molecule has 3 rings (SSSR count). The molecule has 0 fully saturated rings. The zero-order valence-corrected chi connectivity index (χ0v) is 20.1. The molecular formula is C24H16Br2FN3O3. The smallest absolute Gasteiger partial charge is 0.266 e. The molecule has 0 atom stereocenters. The lowest BCUT2D eigenvalue weighted by Gasteiger charge is -2.13. The van der Waals surface area contributed by atoms with Crippen LogP contribution < -0.4 is 15.4 Å². The van der Waals surface area contributed by atoms with E-state index in [4.69, 9.17) is 4.74 Å². The van der Waals surface area contributed by atoms with Crippen molar-refractivity contribution in [1.82, 2.24) is 0 Å². The third-order valence-corrected chi connectivity index (χ3v) is 5.26. The fourth-order valence-electron chi connectivity index (χ4n) is 2.73. The first kappa shape index (κ1) is 24.2. The Morgan fingerprint density at radius 2 is 1.67 bits per heavy atom. The predicted octanol–water partition coefficient (Wildman–Crippen LogP) is 5.91. The van der Waals surface area contributed by atoms with Gasteiger partial charge in [0.15, 0.2) is 6.61 Å². The lowest BCUT2D eigenvalue weighted by molar-refractivity contribution is -0.118. The minimum Gasteiger partial charge on any atom is -0.482 e. The number of carbonyl (C=O) groups is 2. The van der Waals surface area contributed by atoms with Gasteiger partial charge in [0.05, 0.1) is 4.47 Å². The summed E-state index contributed by atoms with van der Waals surface area (Å²) in [5.41, 5.74) is 1.16. The Balaban J connectivity index is 1.80. The van der Waals surface area contributed by atoms with E-state index in [0.29, 0.717) is 25.9 Å². The van der Waals surface area contributed by atoms with Crippen molar-refractivity contribution >= 4 is 61.1 Å². The Hall–Kier alpha value is -3.48. The maximum atomic E-state index is 13.1. The van der Waals surface area contributed by atoms with Crippen molar-refractivity contribution in [3.8, 4) is 11.8 Å². The van der Waals surface area contributed by atoms with E-state index in [2.05, 4.69) is 42.5 Å². The number of carbonyl (C=O) groups excluding carboxylic acids is 2. The number of nitrogens with zero attached hydrogens (tertiary/aromatic N) is 1. The van der Waals surface area contributed by atoms with Gasteiger partial charge in [-0.25, -0.2) is 4.39 Å². The molecule has 9 heteroatoms. The van der Waals surface area contributed by atoms with Crippen LogP contribution in [0.25, 0.3) is 6.08 Å². The van der Waals surface area contributed by atoms with Crippen LogP contribution in [-0.4, -0.2) is 18.4 Å². The monoisotopic (exact) mass is 571 g/mol. The number of hydrogen-bond acceptors (Lipinski definition) is 4. The van der Waals surface area contributed by atoms with Crippen LogP contribution in [0.5, 0.6) is 5.75 Å². The third kappa shape index (κ3) is 7.00. The van der Waals surface area contributed by atoms with Crippen LogP contribution in [0.15, 0.2) is 81.2 Å². The Bertz CT molecular complexity index is 1240. The summed E-state index contributed by atoms with van der Waals surface area (Å²) in [4.78, 5) is 24.8. The molecule has 3 aromatic rings. The zero-order valence-electron chi connectivity index (χ0n) is 16.9. The van der Waals surface area contributed by atoms with Gasteiger partial charge in [0.25, 0.3) is 11.8 Å². The highest BCUT2D eigenvalue weighted by Crippen LogP contribution is 2.34. The summed E-state index contributed by atoms with van der Waals surface area (Å²) < 4.78 is 20.0. The highest BCUT2D eigenvalue weighted by Gasteiger charge is 2.15. The van der Waals surface area contributed by atoms with E-state index in [1.807, 2.05) is 12.1 Å². The molecule has 0 aliphatic heterocycles. The summed E-state index contributed by atoms with van der Waals surface area (Å²) in [7, 11) is 0. The second-order valence-electron chi connectivity index (χ2n) is 6.64. The summed E-state index contributed by atoms with van der Waals surface area (Å²) >= 11 is 6.76. The van der Waals surface area contributed by atoms with Crippen molar-refractivity contribution in [2.45, 2.75) is 0 Å². The van der Waals surface area contributed by atoms with E-state index in [1.165, 1.54) is 30.3 Å². The molecule has 0 saturated carbocycles. The topological polar surface area (TPSA) is 91.2 Å². The van der Waals surface area contributed by atoms with Gasteiger partial charge in [-0.2, -0.15) is 5.26 Å². The van der Waals surface area contributed by atoms with E-state index in [1.54, 1.807) is 36.4 Å². The number of anilines is 2. The third-order valence-electron chi connectivity index (χ3n) is 4.21. The second kappa shape index (κ2) is 11.4. The molecule has 3 aromatic carbocycles. The van der Waals surface area contributed by atoms with Crippen molar-refractivity contribution < 1.29 is 18.7 Å². The van der Waals surface area contributed by atoms with Crippen molar-refractivity contribution in [1.29, 1.82) is 5.26 Å². The second-order valence-corrected chi connectivity index (χ2v) is 8.41. The molecule has 0 aromatic heterocycles. The van der Waals surface area contributed by atoms with E-state index < -0.39 is 11.7 Å². The highest BCUT2D eigenvalue weighted by molar-refractivity contribution is 9.11. The highest BCUT2D eigenvalue weighted by atomic mass is 79.9. The molecule has 0 spiro atoms. The molecule has 0 saturated heterocycles. The van der Waals surface area contributed by atoms with E-state index in [0.717, 1.165) is 0 Å². The fraction of sp³-hybridized carbons (Fsp3) is 0.0417. The zero-order chi connectivity index (χ0) is 23.8. The maximum absolute atomic E-state index is 13.1. The molecule has 6 nitrogen and oxygen atoms in total. The summed E-state index contributed by atoms with van der Waals surface area (Å²) in [6.07, 6.45) is 1.35. The van der Waals surface area contributed by atoms with Gasteiger partial charge in [0.1, 0.15) is 23.2 Å². The van der Waals surface area contributed by atoms with Crippen molar-refractivity contribution in [3.05, 3.63) is 92.6 Å². The molecule has 0 aliphatic carbocycles. The van der Waals surface area contributed by atoms with Gasteiger partial charge < -0.3 is 15.4 Å². The Labute approximate surface area is 206 Å². The first-order valence-electron chi connectivity index (χ1n) is 9.51. The van der Waals surface area contributed by atoms with Crippen LogP contribution >= 0.6 is 31.9 Å². The Morgan fingerprint density at radius 3 is 2.33 bits per heavy atom. The van der Waals surface area contributed by atoms with Crippen LogP contribution in [0.2, 0.25) is 0 Å². The molecular weight excluding hydrogens is 557 g/mol. The summed E-state index contributed by atoms with van der Waals surface area (Å²) in [6.45, 7) is -0.292. The number of para-hydroxylation sites is 1.